The van der Waals surface area contributed by atoms with Crippen LogP contribution >= 0.6 is 0 Å². The number of hydrogen-bond acceptors (Lipinski definition) is 11. The summed E-state index contributed by atoms with van der Waals surface area (Å²) in [6.07, 6.45) is -1.12. The van der Waals surface area contributed by atoms with Crippen molar-refractivity contribution in [3.63, 3.8) is 0 Å². The smallest absolute Gasteiger partial charge is 0.242 e. The lowest BCUT2D eigenvalue weighted by Gasteiger charge is -2.31. The van der Waals surface area contributed by atoms with Gasteiger partial charge in [0, 0.05) is 65.3 Å². The Morgan fingerprint density at radius 1 is 0.648 bits per heavy atom. The Morgan fingerprint density at radius 3 is 1.67 bits per heavy atom. The predicted octanol–water partition coefficient (Wildman–Crippen LogP) is -0.697. The second-order valence-electron chi connectivity index (χ2n) is 13.4. The van der Waals surface area contributed by atoms with Crippen LogP contribution in [0, 0.1) is 5.92 Å². The minimum Gasteiger partial charge on any atom is -0.383 e. The van der Waals surface area contributed by atoms with Gasteiger partial charge in [-0.3, -0.25) is 43.2 Å². The molecule has 1 aromatic rings. The molecule has 0 spiro atoms. The van der Waals surface area contributed by atoms with E-state index < -0.39 is 47.0 Å². The van der Waals surface area contributed by atoms with Crippen LogP contribution in [-0.4, -0.2) is 140 Å². The largest absolute Gasteiger partial charge is 0.383 e. The molecule has 0 saturated heterocycles. The number of primary amides is 1. The third-order valence-corrected chi connectivity index (χ3v) is 8.14. The van der Waals surface area contributed by atoms with Crippen molar-refractivity contribution in [1.29, 1.82) is 0 Å². The van der Waals surface area contributed by atoms with Crippen LogP contribution in [0.15, 0.2) is 30.3 Å². The number of nitrogens with zero attached hydrogens (tertiary/aromatic N) is 3. The highest BCUT2D eigenvalue weighted by Gasteiger charge is 2.27. The van der Waals surface area contributed by atoms with Crippen LogP contribution in [0.1, 0.15) is 70.8 Å². The summed E-state index contributed by atoms with van der Waals surface area (Å²) in [5, 5.41) is 4.78. The molecular formula is C37H57N7O10. The molecule has 0 aliphatic carbocycles. The van der Waals surface area contributed by atoms with Gasteiger partial charge < -0.3 is 41.5 Å². The molecule has 6 amide bonds. The highest BCUT2D eigenvalue weighted by molar-refractivity contribution is 5.93. The molecule has 1 aromatic carbocycles. The summed E-state index contributed by atoms with van der Waals surface area (Å²) in [7, 11) is 1.45. The molecule has 17 heteroatoms. The third-order valence-electron chi connectivity index (χ3n) is 8.14. The van der Waals surface area contributed by atoms with Crippen LogP contribution in [0.25, 0.3) is 0 Å². The second-order valence-corrected chi connectivity index (χ2v) is 13.4. The number of carbonyl (C=O) groups excluding carboxylic acids is 9. The van der Waals surface area contributed by atoms with E-state index in [0.29, 0.717) is 6.54 Å². The lowest BCUT2D eigenvalue weighted by molar-refractivity contribution is -0.145. The minimum atomic E-state index is -0.632. The number of benzene rings is 1. The first kappa shape index (κ1) is 47.0. The van der Waals surface area contributed by atoms with Gasteiger partial charge in [0.05, 0.1) is 45.9 Å². The van der Waals surface area contributed by atoms with Gasteiger partial charge in [-0.25, -0.2) is 0 Å². The monoisotopic (exact) mass is 759 g/mol. The fourth-order valence-electron chi connectivity index (χ4n) is 5.12. The summed E-state index contributed by atoms with van der Waals surface area (Å²) in [5.41, 5.74) is 11.5. The molecule has 0 heterocycles. The molecular weight excluding hydrogens is 702 g/mol. The Labute approximate surface area is 316 Å². The van der Waals surface area contributed by atoms with E-state index >= 15 is 0 Å². The standard InChI is InChI=1S/C37H57N7O10/c1-26(2)21-43(35(51)18-38)25-36(52)42(16-17-54-4)24-37(53)44(22-27(3)28-8-6-5-7-9-28)23-31(47)12-15-34(50)41-20-30(46)11-14-33(49)40-19-29(45)10-13-32(39)48/h5-9,26-27H,10-25,38H2,1-4H3,(H2,39,48)(H,40,49)(H,41,50). The van der Waals surface area contributed by atoms with Gasteiger partial charge in [0.2, 0.25) is 35.4 Å². The highest BCUT2D eigenvalue weighted by atomic mass is 16.5. The van der Waals surface area contributed by atoms with Gasteiger partial charge in [-0.05, 0) is 17.4 Å². The Kier molecular flexibility index (Phi) is 22.5. The molecule has 1 rings (SSSR count). The summed E-state index contributed by atoms with van der Waals surface area (Å²) in [4.78, 5) is 116. The molecule has 17 nitrogen and oxygen atoms in total. The first-order valence-electron chi connectivity index (χ1n) is 18.0. The number of ketones is 3. The summed E-state index contributed by atoms with van der Waals surface area (Å²) in [6.45, 7) is 4.39. The maximum atomic E-state index is 13.8. The van der Waals surface area contributed by atoms with Gasteiger partial charge in [-0.1, -0.05) is 51.1 Å². The zero-order valence-electron chi connectivity index (χ0n) is 31.9. The number of nitrogens with one attached hydrogen (secondary N) is 2. The van der Waals surface area contributed by atoms with Crippen LogP contribution in [0.2, 0.25) is 0 Å². The molecule has 0 saturated carbocycles. The van der Waals surface area contributed by atoms with Crippen LogP contribution in [-0.2, 0) is 47.9 Å². The summed E-state index contributed by atoms with van der Waals surface area (Å²) < 4.78 is 5.16. The molecule has 1 atom stereocenters. The second kappa shape index (κ2) is 25.9. The van der Waals surface area contributed by atoms with Crippen molar-refractivity contribution in [2.24, 2.45) is 17.4 Å². The van der Waals surface area contributed by atoms with Crippen molar-refractivity contribution in [2.75, 3.05) is 72.6 Å². The van der Waals surface area contributed by atoms with Gasteiger partial charge in [0.15, 0.2) is 17.3 Å². The summed E-state index contributed by atoms with van der Waals surface area (Å²) in [5.74, 6) is -4.51. The minimum absolute atomic E-state index is 0.0606. The van der Waals surface area contributed by atoms with Crippen LogP contribution in [0.3, 0.4) is 0 Å². The van der Waals surface area contributed by atoms with E-state index in [9.17, 15) is 43.2 Å². The van der Waals surface area contributed by atoms with Gasteiger partial charge in [0.25, 0.3) is 0 Å². The number of carbonyl (C=O) groups is 9. The number of ether oxygens (including phenoxy) is 1. The number of methoxy groups -OCH3 is 1. The lowest BCUT2D eigenvalue weighted by Crippen LogP contribution is -2.50. The maximum Gasteiger partial charge on any atom is 0.242 e. The van der Waals surface area contributed by atoms with E-state index in [-0.39, 0.29) is 115 Å². The van der Waals surface area contributed by atoms with E-state index in [1.807, 2.05) is 51.1 Å². The van der Waals surface area contributed by atoms with Crippen molar-refractivity contribution >= 4 is 52.8 Å². The van der Waals surface area contributed by atoms with Gasteiger partial charge in [0.1, 0.15) is 0 Å². The third kappa shape index (κ3) is 20.3. The van der Waals surface area contributed by atoms with Gasteiger partial charge in [-0.2, -0.15) is 0 Å². The molecule has 0 aliphatic rings. The highest BCUT2D eigenvalue weighted by Crippen LogP contribution is 2.17. The molecule has 6 N–H and O–H groups in total. The van der Waals surface area contributed by atoms with Crippen LogP contribution in [0.4, 0.5) is 0 Å². The Hall–Kier alpha value is -5.03. The lowest BCUT2D eigenvalue weighted by atomic mass is 10.0. The molecule has 300 valence electrons. The maximum absolute atomic E-state index is 13.8. The first-order valence-corrected chi connectivity index (χ1v) is 18.0. The van der Waals surface area contributed by atoms with Crippen LogP contribution in [0.5, 0.6) is 0 Å². The zero-order chi connectivity index (χ0) is 40.6. The Morgan fingerprint density at radius 2 is 1.15 bits per heavy atom. The van der Waals surface area contributed by atoms with Crippen molar-refractivity contribution in [3.8, 4) is 0 Å². The first-order chi connectivity index (χ1) is 25.6. The number of Topliss-reactive ketones (excluding diaryl/α,β-unsaturated/α-hetero) is 3. The fourth-order valence-corrected chi connectivity index (χ4v) is 5.12. The van der Waals surface area contributed by atoms with Crippen molar-refractivity contribution < 1.29 is 47.9 Å². The predicted molar refractivity (Wildman–Crippen MR) is 198 cm³/mol. The van der Waals surface area contributed by atoms with E-state index in [0.717, 1.165) is 5.56 Å². The van der Waals surface area contributed by atoms with E-state index in [1.54, 1.807) is 0 Å². The average Bonchev–Trinajstić information content (AvgIpc) is 3.14. The van der Waals surface area contributed by atoms with Crippen molar-refractivity contribution in [2.45, 2.75) is 65.2 Å². The zero-order valence-corrected chi connectivity index (χ0v) is 31.9. The molecule has 0 bridgehead atoms. The molecule has 1 unspecified atom stereocenters. The SMILES string of the molecule is COCCN(CC(=O)N(CC(=O)CCC(=O)NCC(=O)CCC(=O)NCC(=O)CCC(N)=O)CC(C)c1ccccc1)C(=O)CN(CC(C)C)C(=O)CN. The van der Waals surface area contributed by atoms with Crippen molar-refractivity contribution in [3.05, 3.63) is 35.9 Å². The van der Waals surface area contributed by atoms with E-state index in [4.69, 9.17) is 16.2 Å². The molecule has 54 heavy (non-hydrogen) atoms. The topological polar surface area (TPSA) is 249 Å². The molecule has 0 radical (unpaired) electrons. The van der Waals surface area contributed by atoms with Gasteiger partial charge in [-0.15, -0.1) is 0 Å². The number of amides is 6. The molecule has 0 aromatic heterocycles. The van der Waals surface area contributed by atoms with Gasteiger partial charge >= 0.3 is 0 Å². The summed E-state index contributed by atoms with van der Waals surface area (Å²) >= 11 is 0. The molecule has 0 fully saturated rings. The van der Waals surface area contributed by atoms with Crippen LogP contribution < -0.4 is 22.1 Å². The number of rotatable bonds is 28. The normalized spacial score (nSPS) is 11.3. The van der Waals surface area contributed by atoms with E-state index in [2.05, 4.69) is 10.6 Å². The van der Waals surface area contributed by atoms with Crippen molar-refractivity contribution in [1.82, 2.24) is 25.3 Å². The number of hydrogen-bond donors (Lipinski definition) is 4. The Balaban J connectivity index is 2.84. The quantitative estimate of drug-likeness (QED) is 0.0832. The Bertz CT molecular complexity index is 1440. The average molecular weight is 760 g/mol. The fraction of sp³-hybridized carbons (Fsp3) is 0.595. The van der Waals surface area contributed by atoms with E-state index in [1.165, 1.54) is 21.8 Å². The summed E-state index contributed by atoms with van der Waals surface area (Å²) in [6, 6.07) is 9.37. The number of nitrogens with two attached hydrogens (primary N) is 2. The molecule has 0 aliphatic heterocycles.